The highest BCUT2D eigenvalue weighted by Crippen LogP contribution is 2.52. The van der Waals surface area contributed by atoms with Crippen molar-refractivity contribution in [3.8, 4) is 0 Å². The number of nitro groups is 1. The van der Waals surface area contributed by atoms with Gasteiger partial charge in [0, 0.05) is 18.1 Å². The minimum Gasteiger partial charge on any atom is -0.376 e. The van der Waals surface area contributed by atoms with Gasteiger partial charge < -0.3 is 5.32 Å². The van der Waals surface area contributed by atoms with Crippen LogP contribution in [0.5, 0.6) is 0 Å². The number of halogens is 2. The molecule has 24 heavy (non-hydrogen) atoms. The molecule has 1 heterocycles. The lowest BCUT2D eigenvalue weighted by Gasteiger charge is -2.38. The molecular formula is C18H14Cl2N2O2. The molecule has 0 unspecified atom stereocenters. The van der Waals surface area contributed by atoms with Crippen molar-refractivity contribution in [2.75, 3.05) is 5.32 Å². The van der Waals surface area contributed by atoms with Crippen molar-refractivity contribution >= 4 is 34.6 Å². The predicted molar refractivity (Wildman–Crippen MR) is 95.9 cm³/mol. The van der Waals surface area contributed by atoms with Gasteiger partial charge in [-0.1, -0.05) is 53.6 Å². The van der Waals surface area contributed by atoms with E-state index in [0.29, 0.717) is 16.0 Å². The van der Waals surface area contributed by atoms with E-state index in [1.807, 2.05) is 24.3 Å². The van der Waals surface area contributed by atoms with Gasteiger partial charge in [-0.05, 0) is 29.5 Å². The summed E-state index contributed by atoms with van der Waals surface area (Å²) in [5.41, 5.74) is 3.12. The maximum absolute atomic E-state index is 10.9. The normalized spacial score (nSPS) is 24.2. The van der Waals surface area contributed by atoms with Gasteiger partial charge in [0.15, 0.2) is 0 Å². The van der Waals surface area contributed by atoms with Crippen LogP contribution in [0.1, 0.15) is 29.5 Å². The molecule has 2 aliphatic rings. The summed E-state index contributed by atoms with van der Waals surface area (Å²) in [6.45, 7) is 0. The van der Waals surface area contributed by atoms with E-state index in [9.17, 15) is 10.1 Å². The molecule has 0 aromatic heterocycles. The smallest absolute Gasteiger partial charge is 0.269 e. The highest BCUT2D eigenvalue weighted by molar-refractivity contribution is 6.43. The Morgan fingerprint density at radius 1 is 1.12 bits per heavy atom. The number of hydrogen-bond acceptors (Lipinski definition) is 3. The van der Waals surface area contributed by atoms with Crippen LogP contribution in [0.3, 0.4) is 0 Å². The van der Waals surface area contributed by atoms with Crippen LogP contribution in [0.2, 0.25) is 10.0 Å². The second-order valence-corrected chi connectivity index (χ2v) is 6.93. The standard InChI is InChI=1S/C18H14Cl2N2O2/c19-15-9-8-14-12-2-1-3-13(12)17(21-18(14)16(15)20)10-4-6-11(7-5-10)22(23)24/h1-2,4-9,12-13,17,21H,3H2/t12-,13-,17-/m1/s1. The average Bonchev–Trinajstić information content (AvgIpc) is 3.07. The van der Waals surface area contributed by atoms with E-state index in [1.165, 1.54) is 0 Å². The van der Waals surface area contributed by atoms with E-state index in [1.54, 1.807) is 12.1 Å². The Kier molecular flexibility index (Phi) is 3.74. The average molecular weight is 361 g/mol. The van der Waals surface area contributed by atoms with E-state index in [-0.39, 0.29) is 22.6 Å². The monoisotopic (exact) mass is 360 g/mol. The van der Waals surface area contributed by atoms with Crippen molar-refractivity contribution in [2.24, 2.45) is 5.92 Å². The molecule has 0 fully saturated rings. The van der Waals surface area contributed by atoms with Crippen LogP contribution < -0.4 is 5.32 Å². The molecule has 1 aliphatic heterocycles. The molecule has 122 valence electrons. The van der Waals surface area contributed by atoms with Crippen molar-refractivity contribution in [3.63, 3.8) is 0 Å². The molecule has 0 spiro atoms. The molecule has 1 aliphatic carbocycles. The van der Waals surface area contributed by atoms with Crippen molar-refractivity contribution in [3.05, 3.63) is 79.8 Å². The Morgan fingerprint density at radius 3 is 2.58 bits per heavy atom. The summed E-state index contributed by atoms with van der Waals surface area (Å²) >= 11 is 12.6. The summed E-state index contributed by atoms with van der Waals surface area (Å²) in [6, 6.07) is 10.6. The molecule has 4 nitrogen and oxygen atoms in total. The van der Waals surface area contributed by atoms with Crippen LogP contribution in [0.25, 0.3) is 0 Å². The first-order valence-corrected chi connectivity index (χ1v) is 8.47. The molecule has 2 aromatic rings. The summed E-state index contributed by atoms with van der Waals surface area (Å²) < 4.78 is 0. The maximum atomic E-state index is 10.9. The molecule has 0 saturated carbocycles. The van der Waals surface area contributed by atoms with Crippen molar-refractivity contribution < 1.29 is 4.92 Å². The number of benzene rings is 2. The molecule has 0 radical (unpaired) electrons. The fraction of sp³-hybridized carbons (Fsp3) is 0.222. The zero-order chi connectivity index (χ0) is 16.8. The first-order valence-electron chi connectivity index (χ1n) is 7.71. The fourth-order valence-electron chi connectivity index (χ4n) is 3.74. The largest absolute Gasteiger partial charge is 0.376 e. The van der Waals surface area contributed by atoms with Crippen LogP contribution >= 0.6 is 23.2 Å². The third kappa shape index (κ3) is 2.38. The van der Waals surface area contributed by atoms with Crippen LogP contribution in [-0.2, 0) is 0 Å². The third-order valence-electron chi connectivity index (χ3n) is 4.89. The van der Waals surface area contributed by atoms with E-state index in [0.717, 1.165) is 23.2 Å². The molecule has 0 saturated heterocycles. The lowest BCUT2D eigenvalue weighted by Crippen LogP contribution is -2.29. The zero-order valence-corrected chi connectivity index (χ0v) is 14.1. The molecule has 6 heteroatoms. The summed E-state index contributed by atoms with van der Waals surface area (Å²) in [5, 5.41) is 15.4. The SMILES string of the molecule is O=[N+]([O-])c1ccc([C@H]2Nc3c(ccc(Cl)c3Cl)[C@@H]3C=CC[C@@H]23)cc1. The second kappa shape index (κ2) is 5.80. The Balaban J connectivity index is 1.77. The van der Waals surface area contributed by atoms with Crippen LogP contribution in [-0.4, -0.2) is 4.92 Å². The third-order valence-corrected chi connectivity index (χ3v) is 5.69. The molecule has 3 atom stereocenters. The van der Waals surface area contributed by atoms with Gasteiger partial charge in [0.1, 0.15) is 0 Å². The molecule has 2 aromatic carbocycles. The second-order valence-electron chi connectivity index (χ2n) is 6.15. The van der Waals surface area contributed by atoms with Gasteiger partial charge in [-0.25, -0.2) is 0 Å². The number of nitro benzene ring substituents is 1. The highest BCUT2D eigenvalue weighted by Gasteiger charge is 2.39. The lowest BCUT2D eigenvalue weighted by molar-refractivity contribution is -0.384. The van der Waals surface area contributed by atoms with E-state index in [4.69, 9.17) is 23.2 Å². The van der Waals surface area contributed by atoms with Gasteiger partial charge in [-0.15, -0.1) is 0 Å². The number of nitrogens with one attached hydrogen (secondary N) is 1. The van der Waals surface area contributed by atoms with Gasteiger partial charge in [-0.3, -0.25) is 10.1 Å². The Hall–Kier alpha value is -2.04. The summed E-state index contributed by atoms with van der Waals surface area (Å²) in [6.07, 6.45) is 5.36. The number of nitrogens with zero attached hydrogens (tertiary/aromatic N) is 1. The maximum Gasteiger partial charge on any atom is 0.269 e. The van der Waals surface area contributed by atoms with Crippen LogP contribution in [0, 0.1) is 16.0 Å². The summed E-state index contributed by atoms with van der Waals surface area (Å²) in [7, 11) is 0. The van der Waals surface area contributed by atoms with E-state index in [2.05, 4.69) is 17.5 Å². The van der Waals surface area contributed by atoms with Gasteiger partial charge in [0.05, 0.1) is 26.7 Å². The molecule has 0 bridgehead atoms. The highest BCUT2D eigenvalue weighted by atomic mass is 35.5. The summed E-state index contributed by atoms with van der Waals surface area (Å²) in [5.74, 6) is 0.632. The molecule has 4 rings (SSSR count). The molecular weight excluding hydrogens is 347 g/mol. The first-order chi connectivity index (χ1) is 11.6. The number of allylic oxidation sites excluding steroid dienone is 2. The molecule has 0 amide bonds. The first kappa shape index (κ1) is 15.5. The Labute approximate surface area is 149 Å². The van der Waals surface area contributed by atoms with Crippen molar-refractivity contribution in [2.45, 2.75) is 18.4 Å². The summed E-state index contributed by atoms with van der Waals surface area (Å²) in [4.78, 5) is 10.5. The minimum absolute atomic E-state index is 0.0364. The Morgan fingerprint density at radius 2 is 1.88 bits per heavy atom. The predicted octanol–water partition coefficient (Wildman–Crippen LogP) is 5.73. The number of rotatable bonds is 2. The number of hydrogen-bond donors (Lipinski definition) is 1. The van der Waals surface area contributed by atoms with Crippen molar-refractivity contribution in [1.29, 1.82) is 0 Å². The van der Waals surface area contributed by atoms with Crippen LogP contribution in [0.15, 0.2) is 48.6 Å². The van der Waals surface area contributed by atoms with Gasteiger partial charge in [0.25, 0.3) is 5.69 Å². The van der Waals surface area contributed by atoms with E-state index < -0.39 is 0 Å². The minimum atomic E-state index is -0.385. The topological polar surface area (TPSA) is 55.2 Å². The fourth-order valence-corrected chi connectivity index (χ4v) is 4.12. The quantitative estimate of drug-likeness (QED) is 0.422. The molecule has 1 N–H and O–H groups in total. The van der Waals surface area contributed by atoms with Crippen molar-refractivity contribution in [1.82, 2.24) is 0 Å². The number of anilines is 1. The van der Waals surface area contributed by atoms with Gasteiger partial charge in [0.2, 0.25) is 0 Å². The van der Waals surface area contributed by atoms with Gasteiger partial charge >= 0.3 is 0 Å². The van der Waals surface area contributed by atoms with Gasteiger partial charge in [-0.2, -0.15) is 0 Å². The lowest BCUT2D eigenvalue weighted by atomic mass is 9.77. The Bertz CT molecular complexity index is 849. The van der Waals surface area contributed by atoms with Crippen LogP contribution in [0.4, 0.5) is 11.4 Å². The zero-order valence-electron chi connectivity index (χ0n) is 12.6. The number of non-ortho nitro benzene ring substituents is 1. The van der Waals surface area contributed by atoms with E-state index >= 15 is 0 Å². The number of fused-ring (bicyclic) bond motifs is 3.